The molecule has 1 aromatic carbocycles. The number of nitrogens with zero attached hydrogens (tertiary/aromatic N) is 1. The molecule has 0 unspecified atom stereocenters. The Balaban J connectivity index is 1.86. The number of benzene rings is 1. The first-order valence-corrected chi connectivity index (χ1v) is 7.58. The largest absolute Gasteiger partial charge is 0.493 e. The van der Waals surface area contributed by atoms with Crippen LogP contribution >= 0.6 is 0 Å². The molecule has 1 aromatic heterocycles. The summed E-state index contributed by atoms with van der Waals surface area (Å²) < 4.78 is 21.2. The van der Waals surface area contributed by atoms with Crippen LogP contribution in [0.1, 0.15) is 24.7 Å². The van der Waals surface area contributed by atoms with E-state index >= 15 is 0 Å². The highest BCUT2D eigenvalue weighted by Gasteiger charge is 2.25. The highest BCUT2D eigenvalue weighted by molar-refractivity contribution is 6.11. The summed E-state index contributed by atoms with van der Waals surface area (Å²) in [5.74, 6) is 1.31. The maximum atomic E-state index is 11.9. The maximum Gasteiger partial charge on any atom is 0.363 e. The minimum absolute atomic E-state index is 0.158. The van der Waals surface area contributed by atoms with Gasteiger partial charge in [-0.3, -0.25) is 0 Å². The van der Waals surface area contributed by atoms with Gasteiger partial charge in [-0.05, 0) is 42.3 Å². The molecule has 0 N–H and O–H groups in total. The molecule has 1 aliphatic rings. The van der Waals surface area contributed by atoms with E-state index in [1.807, 2.05) is 13.0 Å². The molecule has 0 radical (unpaired) electrons. The van der Waals surface area contributed by atoms with Crippen molar-refractivity contribution in [3.8, 4) is 11.5 Å². The lowest BCUT2D eigenvalue weighted by Crippen LogP contribution is -2.04. The van der Waals surface area contributed by atoms with Gasteiger partial charge in [0.15, 0.2) is 23.0 Å². The average Bonchev–Trinajstić information content (AvgIpc) is 3.24. The topological polar surface area (TPSA) is 70.3 Å². The smallest absolute Gasteiger partial charge is 0.363 e. The van der Waals surface area contributed by atoms with Crippen molar-refractivity contribution >= 4 is 17.9 Å². The molecule has 3 rings (SSSR count). The number of hydrogen-bond donors (Lipinski definition) is 0. The van der Waals surface area contributed by atoms with Gasteiger partial charge in [-0.1, -0.05) is 13.0 Å². The molecule has 0 saturated carbocycles. The molecule has 0 fully saturated rings. The molecule has 0 atom stereocenters. The van der Waals surface area contributed by atoms with E-state index in [-0.39, 0.29) is 11.6 Å². The van der Waals surface area contributed by atoms with Crippen LogP contribution in [0.5, 0.6) is 11.5 Å². The van der Waals surface area contributed by atoms with Crippen molar-refractivity contribution < 1.29 is 23.4 Å². The Labute approximate surface area is 139 Å². The van der Waals surface area contributed by atoms with Crippen LogP contribution < -0.4 is 9.47 Å². The first kappa shape index (κ1) is 15.9. The first-order chi connectivity index (χ1) is 11.7. The van der Waals surface area contributed by atoms with Gasteiger partial charge in [0.25, 0.3) is 5.90 Å². The second-order valence-corrected chi connectivity index (χ2v) is 5.07. The molecule has 2 heterocycles. The average molecular weight is 327 g/mol. The molecular formula is C18H17NO5. The summed E-state index contributed by atoms with van der Waals surface area (Å²) >= 11 is 0. The Kier molecular flexibility index (Phi) is 4.65. The van der Waals surface area contributed by atoms with Gasteiger partial charge >= 0.3 is 5.97 Å². The fourth-order valence-corrected chi connectivity index (χ4v) is 2.18. The van der Waals surface area contributed by atoms with Crippen LogP contribution in [-0.4, -0.2) is 25.6 Å². The predicted octanol–water partition coefficient (Wildman–Crippen LogP) is 3.42. The van der Waals surface area contributed by atoms with Gasteiger partial charge in [0, 0.05) is 0 Å². The zero-order valence-corrected chi connectivity index (χ0v) is 13.4. The SMILES string of the molecule is CCCOc1ccc(/C=C2\N=C(c3ccco3)OC2=O)cc1OC. The first-order valence-electron chi connectivity index (χ1n) is 7.58. The monoisotopic (exact) mass is 327 g/mol. The summed E-state index contributed by atoms with van der Waals surface area (Å²) in [5, 5.41) is 0. The normalized spacial score (nSPS) is 15.3. The van der Waals surface area contributed by atoms with E-state index in [2.05, 4.69) is 4.99 Å². The number of furan rings is 1. The number of cyclic esters (lactones) is 1. The van der Waals surface area contributed by atoms with E-state index in [1.54, 1.807) is 37.5 Å². The number of rotatable bonds is 6. The second kappa shape index (κ2) is 7.04. The highest BCUT2D eigenvalue weighted by atomic mass is 16.6. The number of esters is 1. The summed E-state index contributed by atoms with van der Waals surface area (Å²) in [5.41, 5.74) is 0.956. The molecule has 0 aliphatic carbocycles. The van der Waals surface area contributed by atoms with Crippen LogP contribution in [0.15, 0.2) is 51.7 Å². The fourth-order valence-electron chi connectivity index (χ4n) is 2.18. The number of carbonyl (C=O) groups excluding carboxylic acids is 1. The van der Waals surface area contributed by atoms with Crippen LogP contribution in [0, 0.1) is 0 Å². The molecule has 6 heteroatoms. The molecule has 1 aliphatic heterocycles. The van der Waals surface area contributed by atoms with Crippen molar-refractivity contribution in [3.05, 3.63) is 53.6 Å². The van der Waals surface area contributed by atoms with E-state index in [0.717, 1.165) is 12.0 Å². The van der Waals surface area contributed by atoms with Crippen molar-refractivity contribution in [2.24, 2.45) is 4.99 Å². The molecule has 124 valence electrons. The second-order valence-electron chi connectivity index (χ2n) is 5.07. The summed E-state index contributed by atoms with van der Waals surface area (Å²) in [7, 11) is 1.57. The minimum atomic E-state index is -0.522. The van der Waals surface area contributed by atoms with Gasteiger partial charge in [-0.25, -0.2) is 9.79 Å². The van der Waals surface area contributed by atoms with Gasteiger partial charge in [-0.15, -0.1) is 0 Å². The fraction of sp³-hybridized carbons (Fsp3) is 0.222. The Morgan fingerprint density at radius 3 is 2.83 bits per heavy atom. The van der Waals surface area contributed by atoms with Crippen LogP contribution in [0.3, 0.4) is 0 Å². The predicted molar refractivity (Wildman–Crippen MR) is 88.1 cm³/mol. The van der Waals surface area contributed by atoms with E-state index in [0.29, 0.717) is 23.9 Å². The van der Waals surface area contributed by atoms with Gasteiger partial charge in [0.1, 0.15) is 0 Å². The molecule has 6 nitrogen and oxygen atoms in total. The number of aliphatic imine (C=N–C) groups is 1. The van der Waals surface area contributed by atoms with Crippen molar-refractivity contribution in [2.45, 2.75) is 13.3 Å². The third kappa shape index (κ3) is 3.32. The van der Waals surface area contributed by atoms with Gasteiger partial charge < -0.3 is 18.6 Å². The Morgan fingerprint density at radius 2 is 2.12 bits per heavy atom. The van der Waals surface area contributed by atoms with E-state index in [9.17, 15) is 4.79 Å². The summed E-state index contributed by atoms with van der Waals surface area (Å²) in [4.78, 5) is 16.1. The standard InChI is InChI=1S/C18H17NO5/c1-3-8-22-14-7-6-12(11-16(14)21-2)10-13-18(20)24-17(19-13)15-5-4-9-23-15/h4-7,9-11H,3,8H2,1-2H3/b13-10-. The van der Waals surface area contributed by atoms with Gasteiger partial charge in [-0.2, -0.15) is 0 Å². The lowest BCUT2D eigenvalue weighted by molar-refractivity contribution is -0.130. The van der Waals surface area contributed by atoms with Crippen LogP contribution in [-0.2, 0) is 9.53 Å². The molecule has 24 heavy (non-hydrogen) atoms. The summed E-state index contributed by atoms with van der Waals surface area (Å²) in [6.45, 7) is 2.64. The van der Waals surface area contributed by atoms with Crippen molar-refractivity contribution in [3.63, 3.8) is 0 Å². The van der Waals surface area contributed by atoms with Crippen molar-refractivity contribution in [1.82, 2.24) is 0 Å². The third-order valence-electron chi connectivity index (χ3n) is 3.31. The van der Waals surface area contributed by atoms with Gasteiger partial charge in [0.2, 0.25) is 0 Å². The molecule has 0 bridgehead atoms. The lowest BCUT2D eigenvalue weighted by atomic mass is 10.1. The van der Waals surface area contributed by atoms with E-state index in [1.165, 1.54) is 6.26 Å². The van der Waals surface area contributed by atoms with Crippen LogP contribution in [0.25, 0.3) is 6.08 Å². The third-order valence-corrected chi connectivity index (χ3v) is 3.31. The quantitative estimate of drug-likeness (QED) is 0.600. The molecule has 0 spiro atoms. The summed E-state index contributed by atoms with van der Waals surface area (Å²) in [6.07, 6.45) is 4.03. The Morgan fingerprint density at radius 1 is 1.25 bits per heavy atom. The summed E-state index contributed by atoms with van der Waals surface area (Å²) in [6, 6.07) is 8.80. The molecule has 2 aromatic rings. The van der Waals surface area contributed by atoms with Crippen LogP contribution in [0.2, 0.25) is 0 Å². The van der Waals surface area contributed by atoms with E-state index in [4.69, 9.17) is 18.6 Å². The van der Waals surface area contributed by atoms with Crippen LogP contribution in [0.4, 0.5) is 0 Å². The number of carbonyl (C=O) groups is 1. The molecule has 0 amide bonds. The van der Waals surface area contributed by atoms with Gasteiger partial charge in [0.05, 0.1) is 20.0 Å². The zero-order valence-electron chi connectivity index (χ0n) is 13.4. The Bertz CT molecular complexity index is 790. The molecular weight excluding hydrogens is 310 g/mol. The maximum absolute atomic E-state index is 11.9. The molecule has 0 saturated heterocycles. The van der Waals surface area contributed by atoms with Crippen molar-refractivity contribution in [2.75, 3.05) is 13.7 Å². The number of ether oxygens (including phenoxy) is 3. The highest BCUT2D eigenvalue weighted by Crippen LogP contribution is 2.30. The van der Waals surface area contributed by atoms with E-state index < -0.39 is 5.97 Å². The Hall–Kier alpha value is -3.02. The lowest BCUT2D eigenvalue weighted by Gasteiger charge is -2.10. The number of hydrogen-bond acceptors (Lipinski definition) is 6. The van der Waals surface area contributed by atoms with Crippen molar-refractivity contribution in [1.29, 1.82) is 0 Å². The number of methoxy groups -OCH3 is 1. The minimum Gasteiger partial charge on any atom is -0.493 e. The zero-order chi connectivity index (χ0) is 16.9.